The van der Waals surface area contributed by atoms with E-state index in [1.54, 1.807) is 0 Å². The molecule has 2 fully saturated rings. The minimum absolute atomic E-state index is 0.347. The van der Waals surface area contributed by atoms with E-state index < -0.39 is 0 Å². The maximum atomic E-state index is 12.7. The standard InChI is InChI=1S/C17H22N2O/c18-15-7-3-4-11-10-19(9-8-12(11)15)17(20)16-13-5-1-2-6-14(13)16/h3-4,7,13-14,16H,1-2,5-6,8-10,18H2. The average Bonchev–Trinajstić information content (AvgIpc) is 3.21. The van der Waals surface area contributed by atoms with Gasteiger partial charge >= 0.3 is 0 Å². The van der Waals surface area contributed by atoms with Crippen molar-refractivity contribution in [1.29, 1.82) is 0 Å². The number of benzene rings is 1. The molecule has 3 heteroatoms. The predicted octanol–water partition coefficient (Wildman–Crippen LogP) is 2.59. The Morgan fingerprint density at radius 2 is 1.95 bits per heavy atom. The molecule has 2 unspecified atom stereocenters. The van der Waals surface area contributed by atoms with Crippen molar-refractivity contribution in [2.75, 3.05) is 12.3 Å². The first-order chi connectivity index (χ1) is 9.75. The molecule has 3 aliphatic rings. The molecule has 1 aromatic carbocycles. The third-order valence-corrected chi connectivity index (χ3v) is 5.56. The third kappa shape index (κ3) is 1.83. The van der Waals surface area contributed by atoms with Crippen LogP contribution in [0.1, 0.15) is 36.8 Å². The molecule has 1 aromatic rings. The Hall–Kier alpha value is -1.51. The molecule has 1 heterocycles. The lowest BCUT2D eigenvalue weighted by Gasteiger charge is -2.30. The summed E-state index contributed by atoms with van der Waals surface area (Å²) >= 11 is 0. The number of nitrogen functional groups attached to an aromatic ring is 1. The molecule has 1 aliphatic heterocycles. The second kappa shape index (κ2) is 4.51. The highest BCUT2D eigenvalue weighted by Crippen LogP contribution is 2.56. The molecule has 2 N–H and O–H groups in total. The van der Waals surface area contributed by atoms with Crippen LogP contribution >= 0.6 is 0 Å². The first-order valence-corrected chi connectivity index (χ1v) is 7.91. The molecular weight excluding hydrogens is 248 g/mol. The van der Waals surface area contributed by atoms with Gasteiger partial charge in [0, 0.05) is 24.7 Å². The number of fused-ring (bicyclic) bond motifs is 2. The van der Waals surface area contributed by atoms with E-state index in [0.29, 0.717) is 23.7 Å². The molecular formula is C17H22N2O. The van der Waals surface area contributed by atoms with Crippen LogP contribution in [0.15, 0.2) is 18.2 Å². The molecule has 20 heavy (non-hydrogen) atoms. The van der Waals surface area contributed by atoms with E-state index in [0.717, 1.165) is 25.2 Å². The zero-order valence-corrected chi connectivity index (χ0v) is 11.8. The number of hydrogen-bond acceptors (Lipinski definition) is 2. The van der Waals surface area contributed by atoms with Gasteiger partial charge in [-0.15, -0.1) is 0 Å². The number of carbonyl (C=O) groups is 1. The second-order valence-electron chi connectivity index (χ2n) is 6.63. The minimum Gasteiger partial charge on any atom is -0.398 e. The first-order valence-electron chi connectivity index (χ1n) is 7.91. The normalized spacial score (nSPS) is 31.4. The number of amides is 1. The zero-order valence-electron chi connectivity index (χ0n) is 11.8. The van der Waals surface area contributed by atoms with E-state index in [4.69, 9.17) is 5.73 Å². The maximum absolute atomic E-state index is 12.7. The summed E-state index contributed by atoms with van der Waals surface area (Å²) in [5, 5.41) is 0. The van der Waals surface area contributed by atoms with Crippen LogP contribution in [0.3, 0.4) is 0 Å². The average molecular weight is 270 g/mol. The topological polar surface area (TPSA) is 46.3 Å². The fourth-order valence-electron chi connectivity index (χ4n) is 4.40. The summed E-state index contributed by atoms with van der Waals surface area (Å²) in [6.45, 7) is 1.60. The molecule has 0 saturated heterocycles. The quantitative estimate of drug-likeness (QED) is 0.797. The molecule has 2 saturated carbocycles. The van der Waals surface area contributed by atoms with E-state index in [2.05, 4.69) is 11.0 Å². The smallest absolute Gasteiger partial charge is 0.226 e. The summed E-state index contributed by atoms with van der Waals surface area (Å²) in [4.78, 5) is 14.8. The van der Waals surface area contributed by atoms with Gasteiger partial charge in [-0.3, -0.25) is 4.79 Å². The molecule has 0 spiro atoms. The van der Waals surface area contributed by atoms with Gasteiger partial charge in [-0.05, 0) is 48.3 Å². The molecule has 0 radical (unpaired) electrons. The Balaban J connectivity index is 1.50. The minimum atomic E-state index is 0.347. The Morgan fingerprint density at radius 3 is 2.70 bits per heavy atom. The number of carbonyl (C=O) groups excluding carboxylic acids is 1. The van der Waals surface area contributed by atoms with Crippen molar-refractivity contribution < 1.29 is 4.79 Å². The van der Waals surface area contributed by atoms with Crippen molar-refractivity contribution in [3.8, 4) is 0 Å². The summed E-state index contributed by atoms with van der Waals surface area (Å²) in [6, 6.07) is 6.08. The van der Waals surface area contributed by atoms with Crippen molar-refractivity contribution in [3.05, 3.63) is 29.3 Å². The third-order valence-electron chi connectivity index (χ3n) is 5.56. The van der Waals surface area contributed by atoms with Crippen molar-refractivity contribution in [1.82, 2.24) is 4.90 Å². The fourth-order valence-corrected chi connectivity index (χ4v) is 4.40. The highest BCUT2D eigenvalue weighted by Gasteiger charge is 2.55. The number of hydrogen-bond donors (Lipinski definition) is 1. The molecule has 0 aromatic heterocycles. The van der Waals surface area contributed by atoms with Crippen LogP contribution in [-0.2, 0) is 17.8 Å². The van der Waals surface area contributed by atoms with E-state index >= 15 is 0 Å². The van der Waals surface area contributed by atoms with Crippen LogP contribution < -0.4 is 5.73 Å². The summed E-state index contributed by atoms with van der Waals surface area (Å²) in [5.74, 6) is 2.17. The summed E-state index contributed by atoms with van der Waals surface area (Å²) < 4.78 is 0. The predicted molar refractivity (Wildman–Crippen MR) is 78.9 cm³/mol. The molecule has 106 valence electrons. The summed E-state index contributed by atoms with van der Waals surface area (Å²) in [6.07, 6.45) is 6.11. The molecule has 0 bridgehead atoms. The first kappa shape index (κ1) is 12.2. The van der Waals surface area contributed by atoms with Crippen LogP contribution in [0.25, 0.3) is 0 Å². The lowest BCUT2D eigenvalue weighted by molar-refractivity contribution is -0.134. The molecule has 1 amide bonds. The van der Waals surface area contributed by atoms with Gasteiger partial charge in [-0.2, -0.15) is 0 Å². The van der Waals surface area contributed by atoms with E-state index in [1.165, 1.54) is 36.8 Å². The van der Waals surface area contributed by atoms with Crippen LogP contribution in [0.2, 0.25) is 0 Å². The zero-order chi connectivity index (χ0) is 13.7. The second-order valence-corrected chi connectivity index (χ2v) is 6.63. The lowest BCUT2D eigenvalue weighted by atomic mass is 9.97. The fraction of sp³-hybridized carbons (Fsp3) is 0.588. The van der Waals surface area contributed by atoms with Gasteiger partial charge < -0.3 is 10.6 Å². The number of nitrogens with two attached hydrogens (primary N) is 1. The Labute approximate surface area is 120 Å². The maximum Gasteiger partial charge on any atom is 0.226 e. The Bertz CT molecular complexity index is 542. The summed E-state index contributed by atoms with van der Waals surface area (Å²) in [5.41, 5.74) is 9.41. The highest BCUT2D eigenvalue weighted by atomic mass is 16.2. The van der Waals surface area contributed by atoms with Crippen molar-refractivity contribution >= 4 is 11.6 Å². The Kier molecular flexibility index (Phi) is 2.76. The monoisotopic (exact) mass is 270 g/mol. The van der Waals surface area contributed by atoms with Crippen LogP contribution in [0.5, 0.6) is 0 Å². The van der Waals surface area contributed by atoms with Crippen LogP contribution in [0.4, 0.5) is 5.69 Å². The molecule has 2 aliphatic carbocycles. The highest BCUT2D eigenvalue weighted by molar-refractivity contribution is 5.83. The van der Waals surface area contributed by atoms with Gasteiger partial charge in [0.1, 0.15) is 0 Å². The van der Waals surface area contributed by atoms with E-state index in [9.17, 15) is 4.79 Å². The molecule has 4 rings (SSSR count). The SMILES string of the molecule is Nc1cccc2c1CCN(C(=O)C1C3CCCCC31)C2. The van der Waals surface area contributed by atoms with Gasteiger partial charge in [-0.25, -0.2) is 0 Å². The van der Waals surface area contributed by atoms with E-state index in [1.807, 2.05) is 12.1 Å². The number of anilines is 1. The van der Waals surface area contributed by atoms with Crippen LogP contribution in [0, 0.1) is 17.8 Å². The van der Waals surface area contributed by atoms with Crippen LogP contribution in [-0.4, -0.2) is 17.4 Å². The van der Waals surface area contributed by atoms with Crippen molar-refractivity contribution in [2.24, 2.45) is 17.8 Å². The summed E-state index contributed by atoms with van der Waals surface area (Å²) in [7, 11) is 0. The van der Waals surface area contributed by atoms with E-state index in [-0.39, 0.29) is 0 Å². The number of rotatable bonds is 1. The van der Waals surface area contributed by atoms with Crippen molar-refractivity contribution in [2.45, 2.75) is 38.6 Å². The van der Waals surface area contributed by atoms with Gasteiger partial charge in [0.05, 0.1) is 0 Å². The largest absolute Gasteiger partial charge is 0.398 e. The molecule has 2 atom stereocenters. The van der Waals surface area contributed by atoms with Crippen molar-refractivity contribution in [3.63, 3.8) is 0 Å². The van der Waals surface area contributed by atoms with Gasteiger partial charge in [0.2, 0.25) is 5.91 Å². The number of nitrogens with zero attached hydrogens (tertiary/aromatic N) is 1. The van der Waals surface area contributed by atoms with Gasteiger partial charge in [0.15, 0.2) is 0 Å². The van der Waals surface area contributed by atoms with Gasteiger partial charge in [-0.1, -0.05) is 25.0 Å². The lowest BCUT2D eigenvalue weighted by Crippen LogP contribution is -2.37. The van der Waals surface area contributed by atoms with Gasteiger partial charge in [0.25, 0.3) is 0 Å². The Morgan fingerprint density at radius 1 is 1.20 bits per heavy atom. The molecule has 3 nitrogen and oxygen atoms in total.